The Labute approximate surface area is 166 Å². The van der Waals surface area contributed by atoms with Crippen LogP contribution in [-0.2, 0) is 11.5 Å². The maximum absolute atomic E-state index is 9.56. The summed E-state index contributed by atoms with van der Waals surface area (Å²) in [6, 6.07) is 15.6. The Hall–Kier alpha value is -1.26. The number of aromatic hydroxyl groups is 2. The van der Waals surface area contributed by atoms with Crippen LogP contribution in [0.3, 0.4) is 0 Å². The van der Waals surface area contributed by atoms with Crippen molar-refractivity contribution >= 4 is 23.5 Å². The van der Waals surface area contributed by atoms with Gasteiger partial charge in [-0.15, -0.1) is 0 Å². The van der Waals surface area contributed by atoms with Crippen molar-refractivity contribution in [1.82, 2.24) is 0 Å². The molecule has 1 unspecified atom stereocenters. The summed E-state index contributed by atoms with van der Waals surface area (Å²) in [5.74, 6) is 3.29. The summed E-state index contributed by atoms with van der Waals surface area (Å²) in [6.45, 7) is 2.26. The Morgan fingerprint density at radius 2 is 1.58 bits per heavy atom. The van der Waals surface area contributed by atoms with Gasteiger partial charge in [0.15, 0.2) is 0 Å². The summed E-state index contributed by atoms with van der Waals surface area (Å²) < 4.78 is 0. The molecule has 2 N–H and O–H groups in total. The molecule has 0 fully saturated rings. The van der Waals surface area contributed by atoms with Crippen LogP contribution >= 0.6 is 23.5 Å². The zero-order valence-corrected chi connectivity index (χ0v) is 17.2. The van der Waals surface area contributed by atoms with Gasteiger partial charge >= 0.3 is 0 Å². The largest absolute Gasteiger partial charge is 0.508 e. The van der Waals surface area contributed by atoms with E-state index in [0.29, 0.717) is 5.25 Å². The zero-order valence-electron chi connectivity index (χ0n) is 15.6. The Bertz CT molecular complexity index is 611. The van der Waals surface area contributed by atoms with Crippen LogP contribution in [0.5, 0.6) is 11.5 Å². The fourth-order valence-electron chi connectivity index (χ4n) is 2.87. The highest BCUT2D eigenvalue weighted by Gasteiger charge is 2.10. The van der Waals surface area contributed by atoms with Crippen molar-refractivity contribution in [3.8, 4) is 11.5 Å². The van der Waals surface area contributed by atoms with Crippen LogP contribution in [0, 0.1) is 0 Å². The van der Waals surface area contributed by atoms with E-state index in [2.05, 4.69) is 49.0 Å². The predicted octanol–water partition coefficient (Wildman–Crippen LogP) is 6.60. The zero-order chi connectivity index (χ0) is 18.6. The average Bonchev–Trinajstić information content (AvgIpc) is 2.63. The second-order valence-electron chi connectivity index (χ2n) is 6.61. The molecule has 0 bridgehead atoms. The summed E-state index contributed by atoms with van der Waals surface area (Å²) in [5, 5.41) is 19.8. The van der Waals surface area contributed by atoms with Gasteiger partial charge in [0.25, 0.3) is 0 Å². The molecule has 26 heavy (non-hydrogen) atoms. The third-order valence-corrected chi connectivity index (χ3v) is 6.78. The van der Waals surface area contributed by atoms with Crippen molar-refractivity contribution in [3.63, 3.8) is 0 Å². The van der Waals surface area contributed by atoms with Crippen LogP contribution in [0.15, 0.2) is 48.5 Å². The van der Waals surface area contributed by atoms with Crippen LogP contribution in [0.25, 0.3) is 0 Å². The van der Waals surface area contributed by atoms with Gasteiger partial charge in [-0.25, -0.2) is 0 Å². The van der Waals surface area contributed by atoms with Crippen molar-refractivity contribution in [3.05, 3.63) is 59.7 Å². The standard InChI is InChI=1S/C22H30O2S2/c1-2-3-5-10-22(26-17-18-8-6-4-7-9-18)11-12-25-16-19-13-20(23)15-21(24)14-19/h4,6-9,13-15,22-24H,2-3,5,10-12,16-17H2,1H3. The molecule has 0 heterocycles. The third kappa shape index (κ3) is 8.41. The summed E-state index contributed by atoms with van der Waals surface area (Å²) in [6.07, 6.45) is 6.40. The van der Waals surface area contributed by atoms with Gasteiger partial charge in [-0.3, -0.25) is 0 Å². The summed E-state index contributed by atoms with van der Waals surface area (Å²) >= 11 is 3.96. The van der Waals surface area contributed by atoms with E-state index in [1.54, 1.807) is 12.1 Å². The highest BCUT2D eigenvalue weighted by molar-refractivity contribution is 7.99. The Balaban J connectivity index is 1.75. The Morgan fingerprint density at radius 3 is 2.27 bits per heavy atom. The monoisotopic (exact) mass is 390 g/mol. The molecule has 0 radical (unpaired) electrons. The number of phenolic OH excluding ortho intramolecular Hbond substituents is 2. The van der Waals surface area contributed by atoms with Crippen molar-refractivity contribution in [2.75, 3.05) is 5.75 Å². The van der Waals surface area contributed by atoms with Crippen LogP contribution in [0.4, 0.5) is 0 Å². The van der Waals surface area contributed by atoms with E-state index in [9.17, 15) is 10.2 Å². The second-order valence-corrected chi connectivity index (χ2v) is 9.01. The quantitative estimate of drug-likeness (QED) is 0.400. The minimum Gasteiger partial charge on any atom is -0.508 e. The minimum absolute atomic E-state index is 0.136. The molecule has 0 amide bonds. The topological polar surface area (TPSA) is 40.5 Å². The maximum Gasteiger partial charge on any atom is 0.119 e. The van der Waals surface area contributed by atoms with Gasteiger partial charge in [-0.1, -0.05) is 56.5 Å². The number of benzene rings is 2. The van der Waals surface area contributed by atoms with Crippen LogP contribution in [0.2, 0.25) is 0 Å². The van der Waals surface area contributed by atoms with E-state index in [0.717, 1.165) is 22.8 Å². The van der Waals surface area contributed by atoms with E-state index in [-0.39, 0.29) is 11.5 Å². The minimum atomic E-state index is 0.136. The van der Waals surface area contributed by atoms with Gasteiger partial charge in [-0.05, 0) is 41.9 Å². The summed E-state index contributed by atoms with van der Waals surface area (Å²) in [5.41, 5.74) is 2.38. The van der Waals surface area contributed by atoms with Crippen molar-refractivity contribution in [2.24, 2.45) is 0 Å². The van der Waals surface area contributed by atoms with E-state index in [1.165, 1.54) is 43.7 Å². The van der Waals surface area contributed by atoms with Crippen molar-refractivity contribution in [1.29, 1.82) is 0 Å². The molecule has 2 aromatic carbocycles. The molecule has 0 aliphatic heterocycles. The number of unbranched alkanes of at least 4 members (excludes halogenated alkanes) is 2. The molecule has 0 aliphatic carbocycles. The van der Waals surface area contributed by atoms with Gasteiger partial charge in [0.2, 0.25) is 0 Å². The van der Waals surface area contributed by atoms with Crippen LogP contribution < -0.4 is 0 Å². The first-order valence-electron chi connectivity index (χ1n) is 9.42. The maximum atomic E-state index is 9.56. The number of thioether (sulfide) groups is 2. The lowest BCUT2D eigenvalue weighted by atomic mass is 10.1. The lowest BCUT2D eigenvalue weighted by Gasteiger charge is -2.16. The molecule has 142 valence electrons. The summed E-state index contributed by atoms with van der Waals surface area (Å²) in [7, 11) is 0. The first kappa shape index (κ1) is 21.0. The molecule has 4 heteroatoms. The molecule has 0 saturated carbocycles. The van der Waals surface area contributed by atoms with Gasteiger partial charge in [0.05, 0.1) is 0 Å². The SMILES string of the molecule is CCCCCC(CCSCc1cc(O)cc(O)c1)SCc1ccccc1. The van der Waals surface area contributed by atoms with Gasteiger partial charge in [0, 0.05) is 22.8 Å². The lowest BCUT2D eigenvalue weighted by molar-refractivity contribution is 0.450. The van der Waals surface area contributed by atoms with E-state index in [4.69, 9.17) is 0 Å². The van der Waals surface area contributed by atoms with Crippen molar-refractivity contribution in [2.45, 2.75) is 55.8 Å². The van der Waals surface area contributed by atoms with Crippen LogP contribution in [-0.4, -0.2) is 21.2 Å². The molecule has 0 saturated heterocycles. The highest BCUT2D eigenvalue weighted by Crippen LogP contribution is 2.28. The fourth-order valence-corrected chi connectivity index (χ4v) is 5.25. The summed E-state index contributed by atoms with van der Waals surface area (Å²) in [4.78, 5) is 0. The second kappa shape index (κ2) is 12.2. The fraction of sp³-hybridized carbons (Fsp3) is 0.455. The smallest absolute Gasteiger partial charge is 0.119 e. The normalized spacial score (nSPS) is 12.2. The van der Waals surface area contributed by atoms with Gasteiger partial charge < -0.3 is 10.2 Å². The molecule has 0 spiro atoms. The van der Waals surface area contributed by atoms with Crippen molar-refractivity contribution < 1.29 is 10.2 Å². The van der Waals surface area contributed by atoms with E-state index in [1.807, 2.05) is 11.8 Å². The lowest BCUT2D eigenvalue weighted by Crippen LogP contribution is -2.05. The third-order valence-electron chi connectivity index (χ3n) is 4.27. The van der Waals surface area contributed by atoms with E-state index < -0.39 is 0 Å². The molecule has 0 aromatic heterocycles. The van der Waals surface area contributed by atoms with Gasteiger partial charge in [-0.2, -0.15) is 23.5 Å². The Morgan fingerprint density at radius 1 is 0.846 bits per heavy atom. The molecule has 2 nitrogen and oxygen atoms in total. The number of hydrogen-bond donors (Lipinski definition) is 2. The number of phenols is 2. The molecule has 1 atom stereocenters. The number of rotatable bonds is 12. The Kier molecular flexibility index (Phi) is 9.86. The van der Waals surface area contributed by atoms with Crippen LogP contribution in [0.1, 0.15) is 50.2 Å². The first-order chi connectivity index (χ1) is 12.7. The van der Waals surface area contributed by atoms with Gasteiger partial charge in [0.1, 0.15) is 11.5 Å². The first-order valence-corrected chi connectivity index (χ1v) is 11.6. The van der Waals surface area contributed by atoms with E-state index >= 15 is 0 Å². The number of hydrogen-bond acceptors (Lipinski definition) is 4. The molecule has 2 aromatic rings. The molecule has 2 rings (SSSR count). The molecular weight excluding hydrogens is 360 g/mol. The molecule has 0 aliphatic rings. The molecular formula is C22H30O2S2. The highest BCUT2D eigenvalue weighted by atomic mass is 32.2. The predicted molar refractivity (Wildman–Crippen MR) is 116 cm³/mol. The average molecular weight is 391 g/mol.